The highest BCUT2D eigenvalue weighted by Gasteiger charge is 2.09. The van der Waals surface area contributed by atoms with Crippen molar-refractivity contribution < 1.29 is 9.13 Å². The van der Waals surface area contributed by atoms with Gasteiger partial charge in [-0.15, -0.1) is 5.10 Å². The summed E-state index contributed by atoms with van der Waals surface area (Å²) in [6.07, 6.45) is 3.75. The zero-order valence-electron chi connectivity index (χ0n) is 11.5. The van der Waals surface area contributed by atoms with Gasteiger partial charge < -0.3 is 10.5 Å². The maximum Gasteiger partial charge on any atom is 0.123 e. The molecule has 0 aliphatic carbocycles. The zero-order chi connectivity index (χ0) is 14.4. The van der Waals surface area contributed by atoms with Gasteiger partial charge in [-0.2, -0.15) is 0 Å². The highest BCUT2D eigenvalue weighted by Crippen LogP contribution is 2.13. The first-order valence-corrected chi connectivity index (χ1v) is 6.73. The zero-order valence-corrected chi connectivity index (χ0v) is 11.5. The van der Waals surface area contributed by atoms with Crippen molar-refractivity contribution in [2.24, 2.45) is 5.73 Å². The molecule has 1 unspecified atom stereocenters. The molecule has 1 aromatic heterocycles. The van der Waals surface area contributed by atoms with Gasteiger partial charge in [0.2, 0.25) is 0 Å². The predicted molar refractivity (Wildman–Crippen MR) is 73.8 cm³/mol. The molecule has 20 heavy (non-hydrogen) atoms. The van der Waals surface area contributed by atoms with Crippen LogP contribution in [0, 0.1) is 5.82 Å². The van der Waals surface area contributed by atoms with Gasteiger partial charge in [0.15, 0.2) is 0 Å². The lowest BCUT2D eigenvalue weighted by molar-refractivity contribution is 0.289. The second kappa shape index (κ2) is 7.00. The molecule has 0 amide bonds. The first-order chi connectivity index (χ1) is 9.69. The van der Waals surface area contributed by atoms with Gasteiger partial charge in [-0.25, -0.2) is 9.07 Å². The molecule has 0 radical (unpaired) electrons. The van der Waals surface area contributed by atoms with Crippen LogP contribution in [0.4, 0.5) is 4.39 Å². The number of hydrogen-bond acceptors (Lipinski definition) is 4. The van der Waals surface area contributed by atoms with Crippen molar-refractivity contribution in [3.63, 3.8) is 0 Å². The summed E-state index contributed by atoms with van der Waals surface area (Å²) in [6.45, 7) is 3.10. The van der Waals surface area contributed by atoms with Crippen LogP contribution in [-0.4, -0.2) is 21.6 Å². The molecular weight excluding hydrogens is 259 g/mol. The van der Waals surface area contributed by atoms with Crippen molar-refractivity contribution in [2.45, 2.75) is 32.4 Å². The fraction of sp³-hybridized carbons (Fsp3) is 0.429. The fourth-order valence-electron chi connectivity index (χ4n) is 1.84. The Bertz CT molecular complexity index is 526. The van der Waals surface area contributed by atoms with E-state index >= 15 is 0 Å². The summed E-state index contributed by atoms with van der Waals surface area (Å²) in [5.74, 6) is 0.359. The molecule has 1 atom stereocenters. The van der Waals surface area contributed by atoms with Crippen LogP contribution in [-0.2, 0) is 6.54 Å². The molecule has 6 heteroatoms. The first kappa shape index (κ1) is 14.5. The van der Waals surface area contributed by atoms with Crippen LogP contribution in [0.3, 0.4) is 0 Å². The van der Waals surface area contributed by atoms with Crippen molar-refractivity contribution >= 4 is 0 Å². The van der Waals surface area contributed by atoms with Crippen molar-refractivity contribution in [1.29, 1.82) is 0 Å². The maximum atomic E-state index is 12.7. The smallest absolute Gasteiger partial charge is 0.123 e. The summed E-state index contributed by atoms with van der Waals surface area (Å²) in [4.78, 5) is 0. The number of nitrogens with zero attached hydrogens (tertiary/aromatic N) is 3. The molecule has 5 nitrogen and oxygen atoms in total. The molecule has 1 aromatic carbocycles. The standard InChI is InChI=1S/C14H19FN4O/c1-2-3-13(16)14-10-19(18-17-14)8-9-20-12-6-4-11(15)5-7-12/h4-7,10,13H,2-3,8-9,16H2,1H3. The van der Waals surface area contributed by atoms with Gasteiger partial charge in [0.25, 0.3) is 0 Å². The molecule has 2 aromatic rings. The summed E-state index contributed by atoms with van der Waals surface area (Å²) in [5, 5.41) is 8.07. The van der Waals surface area contributed by atoms with Gasteiger partial charge in [0, 0.05) is 0 Å². The van der Waals surface area contributed by atoms with Gasteiger partial charge in [-0.05, 0) is 30.7 Å². The Morgan fingerprint density at radius 1 is 1.35 bits per heavy atom. The summed E-state index contributed by atoms with van der Waals surface area (Å²) in [5.41, 5.74) is 6.77. The van der Waals surface area contributed by atoms with Crippen LogP contribution in [0.2, 0.25) is 0 Å². The third-order valence-electron chi connectivity index (χ3n) is 2.94. The second-order valence-corrected chi connectivity index (χ2v) is 4.60. The molecule has 0 fully saturated rings. The number of halogens is 1. The van der Waals surface area contributed by atoms with Crippen LogP contribution in [0.15, 0.2) is 30.5 Å². The molecule has 108 valence electrons. The molecule has 0 bridgehead atoms. The molecule has 0 aliphatic rings. The molecule has 0 aliphatic heterocycles. The van der Waals surface area contributed by atoms with Crippen LogP contribution in [0.25, 0.3) is 0 Å². The number of hydrogen-bond donors (Lipinski definition) is 1. The van der Waals surface area contributed by atoms with Gasteiger partial charge >= 0.3 is 0 Å². The minimum Gasteiger partial charge on any atom is -0.492 e. The summed E-state index contributed by atoms with van der Waals surface area (Å²) >= 11 is 0. The van der Waals surface area contributed by atoms with Gasteiger partial charge in [0.05, 0.1) is 24.5 Å². The van der Waals surface area contributed by atoms with Crippen molar-refractivity contribution in [2.75, 3.05) is 6.61 Å². The fourth-order valence-corrected chi connectivity index (χ4v) is 1.84. The molecule has 1 heterocycles. The number of aromatic nitrogens is 3. The van der Waals surface area contributed by atoms with Crippen LogP contribution in [0.1, 0.15) is 31.5 Å². The van der Waals surface area contributed by atoms with E-state index in [1.54, 1.807) is 16.8 Å². The van der Waals surface area contributed by atoms with E-state index in [4.69, 9.17) is 10.5 Å². The average Bonchev–Trinajstić information content (AvgIpc) is 2.90. The van der Waals surface area contributed by atoms with E-state index in [0.29, 0.717) is 18.9 Å². The Kier molecular flexibility index (Phi) is 5.06. The van der Waals surface area contributed by atoms with Crippen LogP contribution >= 0.6 is 0 Å². The molecule has 0 saturated heterocycles. The van der Waals surface area contributed by atoms with Crippen LogP contribution < -0.4 is 10.5 Å². The summed E-state index contributed by atoms with van der Waals surface area (Å²) in [7, 11) is 0. The number of nitrogens with two attached hydrogens (primary N) is 1. The van der Waals surface area contributed by atoms with Gasteiger partial charge in [0.1, 0.15) is 18.2 Å². The highest BCUT2D eigenvalue weighted by atomic mass is 19.1. The highest BCUT2D eigenvalue weighted by molar-refractivity contribution is 5.21. The lowest BCUT2D eigenvalue weighted by Crippen LogP contribution is -2.10. The van der Waals surface area contributed by atoms with E-state index in [0.717, 1.165) is 18.5 Å². The molecule has 2 rings (SSSR count). The summed E-state index contributed by atoms with van der Waals surface area (Å²) < 4.78 is 19.9. The first-order valence-electron chi connectivity index (χ1n) is 6.73. The van der Waals surface area contributed by atoms with Crippen LogP contribution in [0.5, 0.6) is 5.75 Å². The lowest BCUT2D eigenvalue weighted by Gasteiger charge is -2.06. The molecular formula is C14H19FN4O. The van der Waals surface area contributed by atoms with Crippen molar-refractivity contribution in [3.8, 4) is 5.75 Å². The number of benzene rings is 1. The minimum atomic E-state index is -0.275. The molecule has 0 saturated carbocycles. The Labute approximate surface area is 117 Å². The normalized spacial score (nSPS) is 12.3. The molecule has 2 N–H and O–H groups in total. The quantitative estimate of drug-likeness (QED) is 0.844. The largest absolute Gasteiger partial charge is 0.492 e. The van der Waals surface area contributed by atoms with Gasteiger partial charge in [-0.3, -0.25) is 0 Å². The second-order valence-electron chi connectivity index (χ2n) is 4.60. The minimum absolute atomic E-state index is 0.0632. The Hall–Kier alpha value is -1.95. The summed E-state index contributed by atoms with van der Waals surface area (Å²) in [6, 6.07) is 5.87. The Morgan fingerprint density at radius 2 is 2.10 bits per heavy atom. The maximum absolute atomic E-state index is 12.7. The van der Waals surface area contributed by atoms with E-state index < -0.39 is 0 Å². The predicted octanol–water partition coefficient (Wildman–Crippen LogP) is 2.30. The van der Waals surface area contributed by atoms with E-state index in [2.05, 4.69) is 17.2 Å². The Morgan fingerprint density at radius 3 is 2.80 bits per heavy atom. The molecule has 0 spiro atoms. The van der Waals surface area contributed by atoms with E-state index in [1.807, 2.05) is 6.20 Å². The van der Waals surface area contributed by atoms with E-state index in [1.165, 1.54) is 12.1 Å². The van der Waals surface area contributed by atoms with E-state index in [-0.39, 0.29) is 11.9 Å². The number of rotatable bonds is 7. The van der Waals surface area contributed by atoms with E-state index in [9.17, 15) is 4.39 Å². The average molecular weight is 278 g/mol. The lowest BCUT2D eigenvalue weighted by atomic mass is 10.1. The Balaban J connectivity index is 1.81. The topological polar surface area (TPSA) is 66.0 Å². The third-order valence-corrected chi connectivity index (χ3v) is 2.94. The van der Waals surface area contributed by atoms with Gasteiger partial charge in [-0.1, -0.05) is 18.6 Å². The van der Waals surface area contributed by atoms with Crippen molar-refractivity contribution in [1.82, 2.24) is 15.0 Å². The van der Waals surface area contributed by atoms with Crippen molar-refractivity contribution in [3.05, 3.63) is 42.0 Å². The number of ether oxygens (including phenoxy) is 1. The monoisotopic (exact) mass is 278 g/mol. The SMILES string of the molecule is CCCC(N)c1cn(CCOc2ccc(F)cc2)nn1. The third kappa shape index (κ3) is 4.03.